The van der Waals surface area contributed by atoms with Crippen LogP contribution in [0.4, 0.5) is 11.4 Å². The number of nitrogens with zero attached hydrogens (tertiary/aromatic N) is 3. The van der Waals surface area contributed by atoms with Crippen LogP contribution in [0.15, 0.2) is 48.7 Å². The fraction of sp³-hybridized carbons (Fsp3) is 0.389. The Hall–Kier alpha value is -2.07. The van der Waals surface area contributed by atoms with E-state index < -0.39 is 0 Å². The van der Waals surface area contributed by atoms with Gasteiger partial charge in [-0.3, -0.25) is 4.98 Å². The molecule has 2 heterocycles. The molecule has 1 aromatic heterocycles. The number of hydrogen-bond donors (Lipinski definition) is 1. The summed E-state index contributed by atoms with van der Waals surface area (Å²) in [7, 11) is 0. The molecule has 0 amide bonds. The van der Waals surface area contributed by atoms with Crippen molar-refractivity contribution < 1.29 is 0 Å². The molecule has 1 fully saturated rings. The smallest absolute Gasteiger partial charge is 0.0594 e. The van der Waals surface area contributed by atoms with Gasteiger partial charge in [-0.25, -0.2) is 0 Å². The molecule has 0 spiro atoms. The summed E-state index contributed by atoms with van der Waals surface area (Å²) in [4.78, 5) is 9.32. The first-order valence-electron chi connectivity index (χ1n) is 8.06. The van der Waals surface area contributed by atoms with Crippen molar-refractivity contribution in [2.75, 3.05) is 42.9 Å². The number of nitrogens with one attached hydrogen (secondary N) is 1. The Morgan fingerprint density at radius 1 is 1.05 bits per heavy atom. The van der Waals surface area contributed by atoms with Gasteiger partial charge in [0, 0.05) is 43.8 Å². The van der Waals surface area contributed by atoms with Crippen LogP contribution in [0.3, 0.4) is 0 Å². The molecule has 1 aromatic carbocycles. The van der Waals surface area contributed by atoms with Crippen molar-refractivity contribution in [3.05, 3.63) is 54.4 Å². The summed E-state index contributed by atoms with van der Waals surface area (Å²) in [6.45, 7) is 8.67. The van der Waals surface area contributed by atoms with E-state index in [1.54, 1.807) is 0 Å². The third-order valence-corrected chi connectivity index (χ3v) is 4.23. The van der Waals surface area contributed by atoms with Gasteiger partial charge in [0.1, 0.15) is 0 Å². The monoisotopic (exact) mass is 296 g/mol. The number of benzene rings is 1. The number of hydrogen-bond acceptors (Lipinski definition) is 4. The lowest BCUT2D eigenvalue weighted by Crippen LogP contribution is -2.46. The van der Waals surface area contributed by atoms with Gasteiger partial charge in [-0.2, -0.15) is 0 Å². The molecule has 0 atom stereocenters. The zero-order valence-corrected chi connectivity index (χ0v) is 13.2. The number of anilines is 2. The van der Waals surface area contributed by atoms with Crippen LogP contribution in [0.5, 0.6) is 0 Å². The highest BCUT2D eigenvalue weighted by atomic mass is 15.3. The van der Waals surface area contributed by atoms with E-state index in [2.05, 4.69) is 51.3 Å². The van der Waals surface area contributed by atoms with Crippen molar-refractivity contribution >= 4 is 11.4 Å². The summed E-state index contributed by atoms with van der Waals surface area (Å²) in [6, 6.07) is 14.7. The lowest BCUT2D eigenvalue weighted by Gasteiger charge is -2.35. The SMILES string of the molecule is CCN1CCN(c2cccc(NCc3ccccn3)c2)CC1. The predicted octanol–water partition coefficient (Wildman–Crippen LogP) is 2.84. The van der Waals surface area contributed by atoms with Crippen molar-refractivity contribution in [2.45, 2.75) is 13.5 Å². The molecule has 1 saturated heterocycles. The van der Waals surface area contributed by atoms with E-state index in [1.165, 1.54) is 5.69 Å². The zero-order chi connectivity index (χ0) is 15.2. The molecule has 3 rings (SSSR count). The van der Waals surface area contributed by atoms with Gasteiger partial charge in [0.05, 0.1) is 12.2 Å². The highest BCUT2D eigenvalue weighted by Gasteiger charge is 2.15. The Morgan fingerprint density at radius 2 is 1.91 bits per heavy atom. The minimum absolute atomic E-state index is 0.758. The molecule has 2 aromatic rings. The summed E-state index contributed by atoms with van der Waals surface area (Å²) in [6.07, 6.45) is 1.83. The molecular weight excluding hydrogens is 272 g/mol. The van der Waals surface area contributed by atoms with Crippen LogP contribution in [0.25, 0.3) is 0 Å². The second-order valence-corrected chi connectivity index (χ2v) is 5.65. The molecule has 0 radical (unpaired) electrons. The van der Waals surface area contributed by atoms with Gasteiger partial charge in [-0.05, 0) is 36.9 Å². The Morgan fingerprint density at radius 3 is 2.64 bits per heavy atom. The Kier molecular flexibility index (Phi) is 4.91. The Balaban J connectivity index is 1.60. The van der Waals surface area contributed by atoms with Crippen molar-refractivity contribution in [3.63, 3.8) is 0 Å². The van der Waals surface area contributed by atoms with Crippen LogP contribution >= 0.6 is 0 Å². The summed E-state index contributed by atoms with van der Waals surface area (Å²) in [5, 5.41) is 3.46. The third kappa shape index (κ3) is 3.77. The number of pyridine rings is 1. The summed E-state index contributed by atoms with van der Waals surface area (Å²) in [5.41, 5.74) is 3.52. The highest BCUT2D eigenvalue weighted by Crippen LogP contribution is 2.21. The Labute approximate surface area is 132 Å². The summed E-state index contributed by atoms with van der Waals surface area (Å²) in [5.74, 6) is 0. The summed E-state index contributed by atoms with van der Waals surface area (Å²) >= 11 is 0. The van der Waals surface area contributed by atoms with E-state index in [4.69, 9.17) is 0 Å². The molecular formula is C18H24N4. The van der Waals surface area contributed by atoms with Crippen molar-refractivity contribution in [3.8, 4) is 0 Å². The number of piperazine rings is 1. The first-order valence-corrected chi connectivity index (χ1v) is 8.06. The van der Waals surface area contributed by atoms with E-state index in [-0.39, 0.29) is 0 Å². The normalized spacial score (nSPS) is 15.8. The first-order chi connectivity index (χ1) is 10.8. The van der Waals surface area contributed by atoms with Gasteiger partial charge in [0.15, 0.2) is 0 Å². The molecule has 0 saturated carbocycles. The average Bonchev–Trinajstić information content (AvgIpc) is 2.61. The van der Waals surface area contributed by atoms with Gasteiger partial charge in [-0.1, -0.05) is 19.1 Å². The lowest BCUT2D eigenvalue weighted by atomic mass is 10.2. The van der Waals surface area contributed by atoms with E-state index in [0.29, 0.717) is 0 Å². The van der Waals surface area contributed by atoms with Crippen molar-refractivity contribution in [2.24, 2.45) is 0 Å². The van der Waals surface area contributed by atoms with Crippen LogP contribution in [-0.4, -0.2) is 42.6 Å². The largest absolute Gasteiger partial charge is 0.379 e. The van der Waals surface area contributed by atoms with Crippen molar-refractivity contribution in [1.82, 2.24) is 9.88 Å². The zero-order valence-electron chi connectivity index (χ0n) is 13.2. The standard InChI is InChI=1S/C18H24N4/c1-2-21-10-12-22(13-11-21)18-8-5-7-16(14-18)20-15-17-6-3-4-9-19-17/h3-9,14,20H,2,10-13,15H2,1H3. The second kappa shape index (κ2) is 7.27. The molecule has 0 unspecified atom stereocenters. The minimum Gasteiger partial charge on any atom is -0.379 e. The minimum atomic E-state index is 0.758. The van der Waals surface area contributed by atoms with Gasteiger partial charge < -0.3 is 15.1 Å². The lowest BCUT2D eigenvalue weighted by molar-refractivity contribution is 0.271. The maximum Gasteiger partial charge on any atom is 0.0594 e. The highest BCUT2D eigenvalue weighted by molar-refractivity contribution is 5.58. The van der Waals surface area contributed by atoms with Crippen LogP contribution in [0, 0.1) is 0 Å². The molecule has 4 heteroatoms. The molecule has 1 N–H and O–H groups in total. The van der Waals surface area contributed by atoms with E-state index in [9.17, 15) is 0 Å². The summed E-state index contributed by atoms with van der Waals surface area (Å²) < 4.78 is 0. The quantitative estimate of drug-likeness (QED) is 0.919. The molecule has 0 aliphatic carbocycles. The van der Waals surface area contributed by atoms with Gasteiger partial charge >= 0.3 is 0 Å². The molecule has 22 heavy (non-hydrogen) atoms. The molecule has 1 aliphatic heterocycles. The average molecular weight is 296 g/mol. The number of likely N-dealkylation sites (N-methyl/N-ethyl adjacent to an activating group) is 1. The fourth-order valence-electron chi connectivity index (χ4n) is 2.83. The van der Waals surface area contributed by atoms with Crippen molar-refractivity contribution in [1.29, 1.82) is 0 Å². The second-order valence-electron chi connectivity index (χ2n) is 5.65. The predicted molar refractivity (Wildman–Crippen MR) is 92.3 cm³/mol. The fourth-order valence-corrected chi connectivity index (χ4v) is 2.83. The van der Waals surface area contributed by atoms with Crippen LogP contribution in [-0.2, 0) is 6.54 Å². The van der Waals surface area contributed by atoms with E-state index in [1.807, 2.05) is 24.4 Å². The van der Waals surface area contributed by atoms with Crippen LogP contribution in [0.1, 0.15) is 12.6 Å². The van der Waals surface area contributed by atoms with Gasteiger partial charge in [0.2, 0.25) is 0 Å². The van der Waals surface area contributed by atoms with Gasteiger partial charge in [0.25, 0.3) is 0 Å². The number of rotatable bonds is 5. The topological polar surface area (TPSA) is 31.4 Å². The van der Waals surface area contributed by atoms with Crippen LogP contribution in [0.2, 0.25) is 0 Å². The molecule has 0 bridgehead atoms. The molecule has 1 aliphatic rings. The Bertz CT molecular complexity index is 577. The maximum absolute atomic E-state index is 4.35. The van der Waals surface area contributed by atoms with Gasteiger partial charge in [-0.15, -0.1) is 0 Å². The van der Waals surface area contributed by atoms with Crippen LogP contribution < -0.4 is 10.2 Å². The third-order valence-electron chi connectivity index (χ3n) is 4.23. The number of aromatic nitrogens is 1. The van der Waals surface area contributed by atoms with E-state index in [0.717, 1.165) is 50.6 Å². The molecule has 4 nitrogen and oxygen atoms in total. The first kappa shape index (κ1) is 14.9. The molecule has 116 valence electrons. The maximum atomic E-state index is 4.35. The van der Waals surface area contributed by atoms with E-state index >= 15 is 0 Å².